The van der Waals surface area contributed by atoms with Gasteiger partial charge in [0, 0.05) is 12.5 Å². The first-order valence-corrected chi connectivity index (χ1v) is 7.75. The fourth-order valence-electron chi connectivity index (χ4n) is 2.04. The number of aliphatic hydroxyl groups is 1. The van der Waals surface area contributed by atoms with Crippen molar-refractivity contribution in [1.29, 1.82) is 0 Å². The molecule has 0 radical (unpaired) electrons. The second-order valence-electron chi connectivity index (χ2n) is 5.21. The van der Waals surface area contributed by atoms with E-state index >= 15 is 0 Å². The minimum Gasteiger partial charge on any atom is -0.386 e. The highest BCUT2D eigenvalue weighted by molar-refractivity contribution is 7.90. The van der Waals surface area contributed by atoms with Gasteiger partial charge < -0.3 is 10.0 Å². The lowest BCUT2D eigenvalue weighted by atomic mass is 9.83. The van der Waals surface area contributed by atoms with Crippen LogP contribution in [0.2, 0.25) is 0 Å². The number of pyridine rings is 1. The molecule has 1 aliphatic rings. The normalized spacial score (nSPS) is 18.8. The summed E-state index contributed by atoms with van der Waals surface area (Å²) in [6.07, 6.45) is 2.73. The van der Waals surface area contributed by atoms with E-state index in [4.69, 9.17) is 0 Å². The van der Waals surface area contributed by atoms with Gasteiger partial charge in [-0.2, -0.15) is 0 Å². The molecule has 1 saturated heterocycles. The predicted octanol–water partition coefficient (Wildman–Crippen LogP) is 0.692. The average Bonchev–Trinajstić information content (AvgIpc) is 2.23. The molecule has 0 amide bonds. The van der Waals surface area contributed by atoms with Gasteiger partial charge >= 0.3 is 0 Å². The van der Waals surface area contributed by atoms with Crippen molar-refractivity contribution < 1.29 is 13.5 Å². The van der Waals surface area contributed by atoms with Gasteiger partial charge in [-0.25, -0.2) is 13.4 Å². The lowest BCUT2D eigenvalue weighted by molar-refractivity contribution is -0.0307. The van der Waals surface area contributed by atoms with E-state index in [9.17, 15) is 13.5 Å². The molecule has 18 heavy (non-hydrogen) atoms. The van der Waals surface area contributed by atoms with Gasteiger partial charge in [-0.15, -0.1) is 0 Å². The van der Waals surface area contributed by atoms with Gasteiger partial charge in [0.1, 0.15) is 16.3 Å². The topological polar surface area (TPSA) is 70.5 Å². The molecule has 0 unspecified atom stereocenters. The number of nitrogens with zero attached hydrogens (tertiary/aromatic N) is 2. The number of anilines is 1. The molecule has 1 aromatic heterocycles. The van der Waals surface area contributed by atoms with Crippen molar-refractivity contribution in [1.82, 2.24) is 4.98 Å². The van der Waals surface area contributed by atoms with E-state index in [-0.39, 0.29) is 10.8 Å². The van der Waals surface area contributed by atoms with E-state index in [0.29, 0.717) is 18.9 Å². The highest BCUT2D eigenvalue weighted by Gasteiger charge is 2.45. The molecule has 0 atom stereocenters. The molecule has 2 rings (SSSR count). The zero-order valence-corrected chi connectivity index (χ0v) is 11.6. The first kappa shape index (κ1) is 13.3. The summed E-state index contributed by atoms with van der Waals surface area (Å²) in [6.45, 7) is 4.74. The van der Waals surface area contributed by atoms with Crippen molar-refractivity contribution in [3.05, 3.63) is 18.3 Å². The van der Waals surface area contributed by atoms with Crippen LogP contribution in [0.4, 0.5) is 5.82 Å². The van der Waals surface area contributed by atoms with Crippen LogP contribution in [0.5, 0.6) is 0 Å². The Morgan fingerprint density at radius 3 is 2.56 bits per heavy atom. The van der Waals surface area contributed by atoms with Gasteiger partial charge in [0.2, 0.25) is 0 Å². The third-order valence-electron chi connectivity index (χ3n) is 3.45. The Labute approximate surface area is 107 Å². The van der Waals surface area contributed by atoms with Crippen LogP contribution in [0.1, 0.15) is 13.8 Å². The van der Waals surface area contributed by atoms with Crippen LogP contribution in [0.3, 0.4) is 0 Å². The number of aromatic nitrogens is 1. The van der Waals surface area contributed by atoms with Gasteiger partial charge in [-0.3, -0.25) is 0 Å². The summed E-state index contributed by atoms with van der Waals surface area (Å²) in [7, 11) is -3.30. The Kier molecular flexibility index (Phi) is 3.11. The van der Waals surface area contributed by atoms with Crippen LogP contribution in [0.25, 0.3) is 0 Å². The summed E-state index contributed by atoms with van der Waals surface area (Å²) < 4.78 is 23.3. The quantitative estimate of drug-likeness (QED) is 0.875. The molecule has 0 aromatic carbocycles. The molecule has 1 aromatic rings. The Balaban J connectivity index is 2.28. The Morgan fingerprint density at radius 1 is 1.44 bits per heavy atom. The summed E-state index contributed by atoms with van der Waals surface area (Å²) in [5, 5.41) is 10.2. The Hall–Kier alpha value is -1.14. The van der Waals surface area contributed by atoms with Crippen LogP contribution in [-0.4, -0.2) is 43.5 Å². The molecule has 5 nitrogen and oxygen atoms in total. The molecule has 1 fully saturated rings. The van der Waals surface area contributed by atoms with Crippen LogP contribution >= 0.6 is 0 Å². The molecule has 0 aliphatic carbocycles. The first-order valence-electron chi connectivity index (χ1n) is 5.86. The second-order valence-corrected chi connectivity index (χ2v) is 7.20. The number of hydrogen-bond donors (Lipinski definition) is 1. The summed E-state index contributed by atoms with van der Waals surface area (Å²) in [6, 6.07) is 3.15. The maximum absolute atomic E-state index is 11.7. The molecule has 1 N–H and O–H groups in total. The maximum atomic E-state index is 11.7. The van der Waals surface area contributed by atoms with Crippen molar-refractivity contribution in [2.45, 2.75) is 24.3 Å². The number of sulfone groups is 1. The monoisotopic (exact) mass is 270 g/mol. The van der Waals surface area contributed by atoms with Crippen LogP contribution in [0.15, 0.2) is 23.2 Å². The smallest absolute Gasteiger partial charge is 0.179 e. The zero-order valence-electron chi connectivity index (χ0n) is 10.8. The van der Waals surface area contributed by atoms with Gasteiger partial charge in [0.05, 0.1) is 13.1 Å². The molecule has 1 aliphatic heterocycles. The number of β-amino-alcohol motifs (C(OH)–C–C–N with tert-alkyl or cyclic N) is 1. The van der Waals surface area contributed by atoms with Crippen molar-refractivity contribution in [2.75, 3.05) is 24.2 Å². The molecule has 2 heterocycles. The van der Waals surface area contributed by atoms with Gasteiger partial charge in [0.25, 0.3) is 0 Å². The standard InChI is InChI=1S/C12H18N2O3S/c1-9(2)12(15)7-14(8-12)11-10(18(3,16)17)5-4-6-13-11/h4-6,9,15H,7-8H2,1-3H3. The summed E-state index contributed by atoms with van der Waals surface area (Å²) in [5.41, 5.74) is -0.744. The largest absolute Gasteiger partial charge is 0.386 e. The van der Waals surface area contributed by atoms with Crippen molar-refractivity contribution >= 4 is 15.7 Å². The van der Waals surface area contributed by atoms with Crippen LogP contribution in [-0.2, 0) is 9.84 Å². The Bertz CT molecular complexity index is 548. The third kappa shape index (κ3) is 2.22. The number of hydrogen-bond acceptors (Lipinski definition) is 5. The number of rotatable bonds is 3. The molecular weight excluding hydrogens is 252 g/mol. The van der Waals surface area contributed by atoms with Gasteiger partial charge in [-0.1, -0.05) is 13.8 Å². The van der Waals surface area contributed by atoms with E-state index in [1.807, 2.05) is 13.8 Å². The zero-order chi connectivity index (χ0) is 13.6. The molecule has 0 saturated carbocycles. The minimum absolute atomic E-state index is 0.138. The van der Waals surface area contributed by atoms with Crippen LogP contribution in [0, 0.1) is 5.92 Å². The van der Waals surface area contributed by atoms with E-state index in [1.54, 1.807) is 23.2 Å². The fourth-order valence-corrected chi connectivity index (χ4v) is 2.88. The van der Waals surface area contributed by atoms with Crippen molar-refractivity contribution in [3.8, 4) is 0 Å². The minimum atomic E-state index is -3.30. The molecule has 0 spiro atoms. The van der Waals surface area contributed by atoms with E-state index < -0.39 is 15.4 Å². The van der Waals surface area contributed by atoms with Crippen LogP contribution < -0.4 is 4.90 Å². The SMILES string of the molecule is CC(C)C1(O)CN(c2ncccc2S(C)(=O)=O)C1. The summed E-state index contributed by atoms with van der Waals surface area (Å²) >= 11 is 0. The molecule has 100 valence electrons. The molecular formula is C12H18N2O3S. The predicted molar refractivity (Wildman–Crippen MR) is 69.3 cm³/mol. The van der Waals surface area contributed by atoms with E-state index in [1.165, 1.54) is 6.26 Å². The first-order chi connectivity index (χ1) is 8.24. The van der Waals surface area contributed by atoms with E-state index in [0.717, 1.165) is 0 Å². The lowest BCUT2D eigenvalue weighted by Crippen LogP contribution is -2.65. The van der Waals surface area contributed by atoms with Crippen molar-refractivity contribution in [2.24, 2.45) is 5.92 Å². The molecule has 6 heteroatoms. The Morgan fingerprint density at radius 2 is 2.06 bits per heavy atom. The second kappa shape index (κ2) is 4.20. The fraction of sp³-hybridized carbons (Fsp3) is 0.583. The van der Waals surface area contributed by atoms with E-state index in [2.05, 4.69) is 4.98 Å². The van der Waals surface area contributed by atoms with Gasteiger partial charge in [-0.05, 0) is 18.1 Å². The highest BCUT2D eigenvalue weighted by atomic mass is 32.2. The van der Waals surface area contributed by atoms with Crippen molar-refractivity contribution in [3.63, 3.8) is 0 Å². The summed E-state index contributed by atoms with van der Waals surface area (Å²) in [5.74, 6) is 0.574. The third-order valence-corrected chi connectivity index (χ3v) is 4.57. The molecule has 0 bridgehead atoms. The lowest BCUT2D eigenvalue weighted by Gasteiger charge is -2.49. The van der Waals surface area contributed by atoms with Gasteiger partial charge in [0.15, 0.2) is 9.84 Å². The summed E-state index contributed by atoms with van der Waals surface area (Å²) in [4.78, 5) is 6.15. The highest BCUT2D eigenvalue weighted by Crippen LogP contribution is 2.34. The average molecular weight is 270 g/mol. The maximum Gasteiger partial charge on any atom is 0.179 e.